The average Bonchev–Trinajstić information content (AvgIpc) is 2.14. The van der Waals surface area contributed by atoms with Crippen LogP contribution in [0.3, 0.4) is 0 Å². The molecule has 1 rings (SSSR count). The second kappa shape index (κ2) is 4.03. The van der Waals surface area contributed by atoms with E-state index in [0.717, 1.165) is 0 Å². The number of aldehydes is 1. The minimum Gasteiger partial charge on any atom is -0.496 e. The van der Waals surface area contributed by atoms with Crippen molar-refractivity contribution in [1.82, 2.24) is 0 Å². The topological polar surface area (TPSA) is 26.3 Å². The molecule has 70 valence electrons. The summed E-state index contributed by atoms with van der Waals surface area (Å²) in [6, 6.07) is 3.23. The molecule has 0 saturated heterocycles. The second-order valence-corrected chi connectivity index (χ2v) is 2.74. The van der Waals surface area contributed by atoms with E-state index in [1.54, 1.807) is 19.1 Å². The summed E-state index contributed by atoms with van der Waals surface area (Å²) in [5.41, 5.74) is 0.857. The SMILES string of the molecule is COc1ccc(CC=O)c(F)c1C. The highest BCUT2D eigenvalue weighted by Crippen LogP contribution is 2.22. The zero-order valence-electron chi connectivity index (χ0n) is 7.63. The third kappa shape index (κ3) is 1.86. The summed E-state index contributed by atoms with van der Waals surface area (Å²) in [7, 11) is 1.49. The molecule has 0 fully saturated rings. The molecule has 0 aliphatic heterocycles. The molecular formula is C10H11FO2. The molecule has 0 saturated carbocycles. The normalized spacial score (nSPS) is 9.77. The van der Waals surface area contributed by atoms with Crippen molar-refractivity contribution in [1.29, 1.82) is 0 Å². The van der Waals surface area contributed by atoms with Gasteiger partial charge in [0.15, 0.2) is 0 Å². The largest absolute Gasteiger partial charge is 0.496 e. The Bertz CT molecular complexity index is 321. The number of hydrogen-bond donors (Lipinski definition) is 0. The molecular weight excluding hydrogens is 171 g/mol. The number of carbonyl (C=O) groups is 1. The Balaban J connectivity index is 3.14. The number of hydrogen-bond acceptors (Lipinski definition) is 2. The van der Waals surface area contributed by atoms with E-state index in [9.17, 15) is 9.18 Å². The van der Waals surface area contributed by atoms with Gasteiger partial charge in [-0.05, 0) is 18.6 Å². The molecule has 3 heteroatoms. The predicted octanol–water partition coefficient (Wildman–Crippen LogP) is 1.88. The summed E-state index contributed by atoms with van der Waals surface area (Å²) < 4.78 is 18.3. The van der Waals surface area contributed by atoms with E-state index in [1.807, 2.05) is 0 Å². The Morgan fingerprint density at radius 1 is 1.54 bits per heavy atom. The smallest absolute Gasteiger partial charge is 0.133 e. The molecule has 0 bridgehead atoms. The second-order valence-electron chi connectivity index (χ2n) is 2.74. The molecule has 0 atom stereocenters. The summed E-state index contributed by atoms with van der Waals surface area (Å²) in [4.78, 5) is 10.2. The minimum absolute atomic E-state index is 0.108. The van der Waals surface area contributed by atoms with Gasteiger partial charge >= 0.3 is 0 Å². The minimum atomic E-state index is -0.355. The van der Waals surface area contributed by atoms with Gasteiger partial charge in [0.1, 0.15) is 17.9 Å². The first-order valence-electron chi connectivity index (χ1n) is 3.96. The molecule has 0 heterocycles. The monoisotopic (exact) mass is 182 g/mol. The van der Waals surface area contributed by atoms with Crippen LogP contribution in [-0.4, -0.2) is 13.4 Å². The van der Waals surface area contributed by atoms with Gasteiger partial charge < -0.3 is 9.53 Å². The first-order chi connectivity index (χ1) is 6.20. The fourth-order valence-corrected chi connectivity index (χ4v) is 1.19. The fourth-order valence-electron chi connectivity index (χ4n) is 1.19. The van der Waals surface area contributed by atoms with E-state index in [4.69, 9.17) is 4.74 Å². The lowest BCUT2D eigenvalue weighted by Crippen LogP contribution is -1.97. The molecule has 13 heavy (non-hydrogen) atoms. The quantitative estimate of drug-likeness (QED) is 0.667. The van der Waals surface area contributed by atoms with E-state index in [1.165, 1.54) is 7.11 Å². The van der Waals surface area contributed by atoms with Crippen LogP contribution < -0.4 is 4.74 Å². The number of rotatable bonds is 3. The van der Waals surface area contributed by atoms with Gasteiger partial charge in [0.2, 0.25) is 0 Å². The number of halogens is 1. The summed E-state index contributed by atoms with van der Waals surface area (Å²) in [6.07, 6.45) is 0.793. The third-order valence-corrected chi connectivity index (χ3v) is 1.94. The van der Waals surface area contributed by atoms with Gasteiger partial charge in [-0.2, -0.15) is 0 Å². The maximum atomic E-state index is 13.4. The van der Waals surface area contributed by atoms with Crippen LogP contribution in [0.4, 0.5) is 4.39 Å². The lowest BCUT2D eigenvalue weighted by molar-refractivity contribution is -0.107. The lowest BCUT2D eigenvalue weighted by Gasteiger charge is -2.07. The molecule has 0 radical (unpaired) electrons. The van der Waals surface area contributed by atoms with Crippen molar-refractivity contribution in [3.63, 3.8) is 0 Å². The number of carbonyl (C=O) groups excluding carboxylic acids is 1. The number of methoxy groups -OCH3 is 1. The Morgan fingerprint density at radius 2 is 2.23 bits per heavy atom. The maximum Gasteiger partial charge on any atom is 0.133 e. The van der Waals surface area contributed by atoms with Crippen LogP contribution in [0.25, 0.3) is 0 Å². The van der Waals surface area contributed by atoms with Gasteiger partial charge in [0.25, 0.3) is 0 Å². The van der Waals surface area contributed by atoms with Crippen molar-refractivity contribution < 1.29 is 13.9 Å². The van der Waals surface area contributed by atoms with Gasteiger partial charge in [0.05, 0.1) is 7.11 Å². The van der Waals surface area contributed by atoms with Crippen molar-refractivity contribution in [2.45, 2.75) is 13.3 Å². The Kier molecular flexibility index (Phi) is 3.01. The molecule has 0 aliphatic rings. The van der Waals surface area contributed by atoms with Crippen LogP contribution >= 0.6 is 0 Å². The lowest BCUT2D eigenvalue weighted by atomic mass is 10.1. The van der Waals surface area contributed by atoms with E-state index >= 15 is 0 Å². The van der Waals surface area contributed by atoms with E-state index in [-0.39, 0.29) is 12.2 Å². The van der Waals surface area contributed by atoms with E-state index < -0.39 is 0 Å². The van der Waals surface area contributed by atoms with Crippen LogP contribution in [0, 0.1) is 12.7 Å². The van der Waals surface area contributed by atoms with Gasteiger partial charge in [-0.25, -0.2) is 4.39 Å². The van der Waals surface area contributed by atoms with Gasteiger partial charge in [-0.15, -0.1) is 0 Å². The van der Waals surface area contributed by atoms with Gasteiger partial charge in [-0.3, -0.25) is 0 Å². The van der Waals surface area contributed by atoms with Crippen LogP contribution in [0.2, 0.25) is 0 Å². The van der Waals surface area contributed by atoms with Crippen LogP contribution in [0.15, 0.2) is 12.1 Å². The van der Waals surface area contributed by atoms with Crippen LogP contribution in [-0.2, 0) is 11.2 Å². The van der Waals surface area contributed by atoms with E-state index in [0.29, 0.717) is 23.2 Å². The molecule has 1 aromatic carbocycles. The number of benzene rings is 1. The summed E-state index contributed by atoms with van der Waals surface area (Å²) in [5.74, 6) is 0.151. The molecule has 0 N–H and O–H groups in total. The van der Waals surface area contributed by atoms with Crippen molar-refractivity contribution >= 4 is 6.29 Å². The zero-order chi connectivity index (χ0) is 9.84. The highest BCUT2D eigenvalue weighted by atomic mass is 19.1. The van der Waals surface area contributed by atoms with Crippen molar-refractivity contribution in [3.05, 3.63) is 29.1 Å². The standard InChI is InChI=1S/C10H11FO2/c1-7-9(13-2)4-3-8(5-6-12)10(7)11/h3-4,6H,5H2,1-2H3. The van der Waals surface area contributed by atoms with Gasteiger partial charge in [0, 0.05) is 12.0 Å². The Labute approximate surface area is 76.3 Å². The Hall–Kier alpha value is -1.38. The maximum absolute atomic E-state index is 13.4. The first-order valence-corrected chi connectivity index (χ1v) is 3.96. The molecule has 0 aromatic heterocycles. The van der Waals surface area contributed by atoms with Crippen LogP contribution in [0.5, 0.6) is 5.75 Å². The first kappa shape index (κ1) is 9.71. The molecule has 2 nitrogen and oxygen atoms in total. The molecule has 0 spiro atoms. The Morgan fingerprint density at radius 3 is 2.77 bits per heavy atom. The van der Waals surface area contributed by atoms with E-state index in [2.05, 4.69) is 0 Å². The summed E-state index contributed by atoms with van der Waals surface area (Å²) >= 11 is 0. The highest BCUT2D eigenvalue weighted by molar-refractivity contribution is 5.56. The molecule has 0 aliphatic carbocycles. The number of ether oxygens (including phenoxy) is 1. The van der Waals surface area contributed by atoms with Gasteiger partial charge in [-0.1, -0.05) is 6.07 Å². The average molecular weight is 182 g/mol. The molecule has 0 unspecified atom stereocenters. The predicted molar refractivity (Wildman–Crippen MR) is 47.5 cm³/mol. The zero-order valence-corrected chi connectivity index (χ0v) is 7.63. The summed E-state index contributed by atoms with van der Waals surface area (Å²) in [5, 5.41) is 0. The van der Waals surface area contributed by atoms with Crippen molar-refractivity contribution in [3.8, 4) is 5.75 Å². The fraction of sp³-hybridized carbons (Fsp3) is 0.300. The van der Waals surface area contributed by atoms with Crippen molar-refractivity contribution in [2.75, 3.05) is 7.11 Å². The van der Waals surface area contributed by atoms with Crippen molar-refractivity contribution in [2.24, 2.45) is 0 Å². The highest BCUT2D eigenvalue weighted by Gasteiger charge is 2.08. The molecule has 1 aromatic rings. The van der Waals surface area contributed by atoms with Crippen LogP contribution in [0.1, 0.15) is 11.1 Å². The molecule has 0 amide bonds. The third-order valence-electron chi connectivity index (χ3n) is 1.94. The summed E-state index contributed by atoms with van der Waals surface area (Å²) in [6.45, 7) is 1.63.